The molecule has 1 heterocycles. The molecule has 3 nitrogen and oxygen atoms in total. The lowest BCUT2D eigenvalue weighted by molar-refractivity contribution is -0.0704. The molecule has 0 spiro atoms. The van der Waals surface area contributed by atoms with E-state index in [-0.39, 0.29) is 24.6 Å². The molecule has 1 aliphatic rings. The number of benzene rings is 1. The number of rotatable bonds is 3. The van der Waals surface area contributed by atoms with Crippen molar-refractivity contribution in [2.24, 2.45) is 5.73 Å². The summed E-state index contributed by atoms with van der Waals surface area (Å²) in [5, 5.41) is 0. The topological polar surface area (TPSA) is 38.5 Å². The zero-order valence-corrected chi connectivity index (χ0v) is 11.0. The third kappa shape index (κ3) is 3.28. The highest BCUT2D eigenvalue weighted by molar-refractivity contribution is 5.25. The van der Waals surface area contributed by atoms with Gasteiger partial charge in [0.05, 0.1) is 12.2 Å². The van der Waals surface area contributed by atoms with E-state index in [2.05, 4.69) is 18.7 Å². The largest absolute Gasteiger partial charge is 0.373 e. The Morgan fingerprint density at radius 1 is 1.33 bits per heavy atom. The summed E-state index contributed by atoms with van der Waals surface area (Å²) in [6.45, 7) is 7.07. The van der Waals surface area contributed by atoms with Gasteiger partial charge in [-0.15, -0.1) is 0 Å². The summed E-state index contributed by atoms with van der Waals surface area (Å²) < 4.78 is 19.1. The third-order valence-corrected chi connectivity index (χ3v) is 3.23. The summed E-state index contributed by atoms with van der Waals surface area (Å²) in [6.07, 6.45) is 0.506. The van der Waals surface area contributed by atoms with Crippen molar-refractivity contribution in [3.8, 4) is 0 Å². The Kier molecular flexibility index (Phi) is 4.32. The fourth-order valence-corrected chi connectivity index (χ4v) is 2.55. The Bertz CT molecular complexity index is 401. The molecule has 0 aliphatic carbocycles. The summed E-state index contributed by atoms with van der Waals surface area (Å²) in [7, 11) is 0. The predicted molar refractivity (Wildman–Crippen MR) is 69.6 cm³/mol. The van der Waals surface area contributed by atoms with Gasteiger partial charge >= 0.3 is 0 Å². The second kappa shape index (κ2) is 5.78. The number of hydrogen-bond acceptors (Lipinski definition) is 3. The lowest BCUT2D eigenvalue weighted by Crippen LogP contribution is -2.44. The summed E-state index contributed by atoms with van der Waals surface area (Å²) in [5.41, 5.74) is 7.22. The molecule has 2 atom stereocenters. The quantitative estimate of drug-likeness (QED) is 0.893. The molecular weight excluding hydrogens is 231 g/mol. The van der Waals surface area contributed by atoms with E-state index in [1.165, 1.54) is 6.07 Å². The van der Waals surface area contributed by atoms with Crippen LogP contribution in [0.4, 0.5) is 4.39 Å². The molecule has 4 heteroatoms. The van der Waals surface area contributed by atoms with Crippen LogP contribution in [0.2, 0.25) is 0 Å². The number of halogens is 1. The first-order chi connectivity index (χ1) is 8.58. The van der Waals surface area contributed by atoms with Crippen molar-refractivity contribution in [3.05, 3.63) is 35.1 Å². The maximum absolute atomic E-state index is 13.4. The van der Waals surface area contributed by atoms with Crippen molar-refractivity contribution in [2.75, 3.05) is 13.1 Å². The van der Waals surface area contributed by atoms with Crippen molar-refractivity contribution in [3.63, 3.8) is 0 Å². The second-order valence-corrected chi connectivity index (χ2v) is 5.08. The van der Waals surface area contributed by atoms with Gasteiger partial charge in [0, 0.05) is 31.7 Å². The number of ether oxygens (including phenoxy) is 1. The first kappa shape index (κ1) is 13.5. The minimum Gasteiger partial charge on any atom is -0.373 e. The predicted octanol–water partition coefficient (Wildman–Crippen LogP) is 1.89. The van der Waals surface area contributed by atoms with E-state index in [4.69, 9.17) is 10.5 Å². The van der Waals surface area contributed by atoms with Crippen molar-refractivity contribution in [1.82, 2.24) is 4.90 Å². The summed E-state index contributed by atoms with van der Waals surface area (Å²) >= 11 is 0. The average molecular weight is 252 g/mol. The lowest BCUT2D eigenvalue weighted by atomic mass is 10.1. The SMILES string of the molecule is C[C@@H]1CN(Cc2ccc(F)c(CN)c2)C[C@H](C)O1. The van der Waals surface area contributed by atoms with Crippen LogP contribution < -0.4 is 5.73 Å². The summed E-state index contributed by atoms with van der Waals surface area (Å²) in [4.78, 5) is 2.34. The van der Waals surface area contributed by atoms with Crippen LogP contribution in [-0.2, 0) is 17.8 Å². The molecule has 1 aliphatic heterocycles. The molecule has 1 fully saturated rings. The van der Waals surface area contributed by atoms with Crippen LogP contribution in [0.25, 0.3) is 0 Å². The molecule has 1 saturated heterocycles. The standard InChI is InChI=1S/C14H21FN2O/c1-10-7-17(8-11(2)18-10)9-12-3-4-14(15)13(5-12)6-16/h3-5,10-11H,6-9,16H2,1-2H3/t10-,11+. The molecule has 0 amide bonds. The fourth-order valence-electron chi connectivity index (χ4n) is 2.55. The van der Waals surface area contributed by atoms with Gasteiger partial charge in [-0.3, -0.25) is 4.90 Å². The Morgan fingerprint density at radius 3 is 2.61 bits per heavy atom. The van der Waals surface area contributed by atoms with E-state index < -0.39 is 0 Å². The van der Waals surface area contributed by atoms with E-state index in [1.807, 2.05) is 12.1 Å². The highest BCUT2D eigenvalue weighted by atomic mass is 19.1. The Balaban J connectivity index is 2.04. The van der Waals surface area contributed by atoms with Crippen molar-refractivity contribution < 1.29 is 9.13 Å². The number of hydrogen-bond donors (Lipinski definition) is 1. The smallest absolute Gasteiger partial charge is 0.127 e. The average Bonchev–Trinajstić information content (AvgIpc) is 2.30. The molecule has 0 saturated carbocycles. The number of morpholine rings is 1. The Labute approximate surface area is 108 Å². The molecule has 100 valence electrons. The Hall–Kier alpha value is -0.970. The van der Waals surface area contributed by atoms with Crippen molar-refractivity contribution >= 4 is 0 Å². The van der Waals surface area contributed by atoms with E-state index in [0.29, 0.717) is 5.56 Å². The second-order valence-electron chi connectivity index (χ2n) is 5.08. The van der Waals surface area contributed by atoms with Gasteiger partial charge in [0.15, 0.2) is 0 Å². The zero-order chi connectivity index (χ0) is 13.1. The first-order valence-electron chi connectivity index (χ1n) is 6.43. The maximum Gasteiger partial charge on any atom is 0.127 e. The van der Waals surface area contributed by atoms with Gasteiger partial charge in [-0.1, -0.05) is 12.1 Å². The zero-order valence-electron chi connectivity index (χ0n) is 11.0. The molecule has 0 radical (unpaired) electrons. The maximum atomic E-state index is 13.4. The van der Waals surface area contributed by atoms with Crippen molar-refractivity contribution in [1.29, 1.82) is 0 Å². The lowest BCUT2D eigenvalue weighted by Gasteiger charge is -2.35. The molecule has 1 aromatic carbocycles. The van der Waals surface area contributed by atoms with Crippen LogP contribution in [-0.4, -0.2) is 30.2 Å². The van der Waals surface area contributed by atoms with Crippen LogP contribution in [0.3, 0.4) is 0 Å². The van der Waals surface area contributed by atoms with Crippen LogP contribution in [0.5, 0.6) is 0 Å². The molecule has 0 unspecified atom stereocenters. The monoisotopic (exact) mass is 252 g/mol. The molecule has 18 heavy (non-hydrogen) atoms. The molecule has 2 N–H and O–H groups in total. The minimum atomic E-state index is -0.218. The van der Waals surface area contributed by atoms with E-state index in [9.17, 15) is 4.39 Å². The van der Waals surface area contributed by atoms with Gasteiger partial charge in [0.25, 0.3) is 0 Å². The van der Waals surface area contributed by atoms with Crippen LogP contribution in [0.1, 0.15) is 25.0 Å². The Morgan fingerprint density at radius 2 is 2.00 bits per heavy atom. The van der Waals surface area contributed by atoms with Gasteiger partial charge in [0.2, 0.25) is 0 Å². The van der Waals surface area contributed by atoms with Crippen LogP contribution in [0.15, 0.2) is 18.2 Å². The highest BCUT2D eigenvalue weighted by Crippen LogP contribution is 2.16. The molecular formula is C14H21FN2O. The number of nitrogens with zero attached hydrogens (tertiary/aromatic N) is 1. The van der Waals surface area contributed by atoms with E-state index >= 15 is 0 Å². The molecule has 0 aromatic heterocycles. The normalized spacial score (nSPS) is 25.3. The van der Waals surface area contributed by atoms with Gasteiger partial charge in [-0.05, 0) is 25.5 Å². The van der Waals surface area contributed by atoms with Gasteiger partial charge < -0.3 is 10.5 Å². The van der Waals surface area contributed by atoms with E-state index in [0.717, 1.165) is 25.2 Å². The van der Waals surface area contributed by atoms with Crippen molar-refractivity contribution in [2.45, 2.75) is 39.1 Å². The summed E-state index contributed by atoms with van der Waals surface area (Å²) in [5.74, 6) is -0.218. The van der Waals surface area contributed by atoms with Crippen LogP contribution >= 0.6 is 0 Å². The van der Waals surface area contributed by atoms with E-state index in [1.54, 1.807) is 0 Å². The van der Waals surface area contributed by atoms with Gasteiger partial charge in [-0.2, -0.15) is 0 Å². The molecule has 0 bridgehead atoms. The highest BCUT2D eigenvalue weighted by Gasteiger charge is 2.22. The first-order valence-corrected chi connectivity index (χ1v) is 6.43. The molecule has 2 rings (SSSR count). The van der Waals surface area contributed by atoms with Crippen LogP contribution in [0, 0.1) is 5.82 Å². The number of nitrogens with two attached hydrogens (primary N) is 1. The molecule has 1 aromatic rings. The fraction of sp³-hybridized carbons (Fsp3) is 0.571. The third-order valence-electron chi connectivity index (χ3n) is 3.23. The van der Waals surface area contributed by atoms with Gasteiger partial charge in [-0.25, -0.2) is 4.39 Å². The minimum absolute atomic E-state index is 0.218. The summed E-state index contributed by atoms with van der Waals surface area (Å²) in [6, 6.07) is 5.20. The van der Waals surface area contributed by atoms with Gasteiger partial charge in [0.1, 0.15) is 5.82 Å².